The molecule has 5 nitrogen and oxygen atoms in total. The monoisotopic (exact) mass is 296 g/mol. The first-order chi connectivity index (χ1) is 9.97. The van der Waals surface area contributed by atoms with Crippen molar-refractivity contribution in [3.63, 3.8) is 0 Å². The molecule has 0 aliphatic carbocycles. The Morgan fingerprint density at radius 1 is 1.14 bits per heavy atom. The summed E-state index contributed by atoms with van der Waals surface area (Å²) in [7, 11) is 1.67. The van der Waals surface area contributed by atoms with Crippen LogP contribution in [-0.4, -0.2) is 50.1 Å². The van der Waals surface area contributed by atoms with Gasteiger partial charge in [0.1, 0.15) is 5.82 Å². The number of amides is 1. The summed E-state index contributed by atoms with van der Waals surface area (Å²) in [4.78, 5) is 26.7. The lowest BCUT2D eigenvalue weighted by molar-refractivity contribution is -0.144. The van der Waals surface area contributed by atoms with Gasteiger partial charge in [0.25, 0.3) is 0 Å². The van der Waals surface area contributed by atoms with Crippen LogP contribution in [0.4, 0.5) is 10.1 Å². The molecule has 6 heteroatoms. The Morgan fingerprint density at radius 3 is 2.29 bits per heavy atom. The minimum absolute atomic E-state index is 0.0561. The smallest absolute Gasteiger partial charge is 0.320 e. The zero-order chi connectivity index (χ0) is 15.8. The summed E-state index contributed by atoms with van der Waals surface area (Å²) in [6, 6.07) is 5.74. The molecule has 0 aliphatic heterocycles. The summed E-state index contributed by atoms with van der Waals surface area (Å²) in [5, 5.41) is 0. The second-order valence-electron chi connectivity index (χ2n) is 4.59. The van der Waals surface area contributed by atoms with E-state index in [9.17, 15) is 14.0 Å². The fourth-order valence-corrected chi connectivity index (χ4v) is 1.92. The molecular formula is C15H21FN2O3. The van der Waals surface area contributed by atoms with E-state index >= 15 is 0 Å². The highest BCUT2D eigenvalue weighted by Crippen LogP contribution is 2.15. The van der Waals surface area contributed by atoms with Gasteiger partial charge in [0.15, 0.2) is 0 Å². The minimum Gasteiger partial charge on any atom is -0.465 e. The maximum atomic E-state index is 12.9. The second kappa shape index (κ2) is 8.36. The standard InChI is InChI=1S/C15H21FN2O3/c1-4-18(13-8-6-12(16)7-9-13)14(19)10-17(3)11-15(20)21-5-2/h6-9H,4-5,10-11H2,1-3H3. The van der Waals surface area contributed by atoms with Crippen LogP contribution in [0.3, 0.4) is 0 Å². The highest BCUT2D eigenvalue weighted by Gasteiger charge is 2.17. The lowest BCUT2D eigenvalue weighted by Gasteiger charge is -2.24. The van der Waals surface area contributed by atoms with Gasteiger partial charge in [-0.15, -0.1) is 0 Å². The molecule has 1 rings (SSSR count). The number of ether oxygens (including phenoxy) is 1. The van der Waals surface area contributed by atoms with Gasteiger partial charge in [0.2, 0.25) is 5.91 Å². The summed E-state index contributed by atoms with van der Waals surface area (Å²) in [5.74, 6) is -0.866. The number of rotatable bonds is 7. The molecule has 0 atom stereocenters. The Labute approximate surface area is 124 Å². The SMILES string of the molecule is CCOC(=O)CN(C)CC(=O)N(CC)c1ccc(F)cc1. The number of anilines is 1. The molecule has 0 heterocycles. The van der Waals surface area contributed by atoms with Gasteiger partial charge in [-0.1, -0.05) is 0 Å². The predicted molar refractivity (Wildman–Crippen MR) is 78.6 cm³/mol. The number of nitrogens with zero attached hydrogens (tertiary/aromatic N) is 2. The molecule has 1 aromatic rings. The number of halogens is 1. The van der Waals surface area contributed by atoms with Crippen LogP contribution < -0.4 is 4.90 Å². The van der Waals surface area contributed by atoms with Crippen molar-refractivity contribution in [2.75, 3.05) is 38.2 Å². The van der Waals surface area contributed by atoms with Crippen LogP contribution in [0.5, 0.6) is 0 Å². The Bertz CT molecular complexity index is 476. The summed E-state index contributed by atoms with van der Waals surface area (Å²) in [6.45, 7) is 4.50. The quantitative estimate of drug-likeness (QED) is 0.718. The lowest BCUT2D eigenvalue weighted by atomic mass is 10.2. The largest absolute Gasteiger partial charge is 0.465 e. The van der Waals surface area contributed by atoms with Gasteiger partial charge in [-0.2, -0.15) is 0 Å². The first-order valence-corrected chi connectivity index (χ1v) is 6.88. The number of hydrogen-bond acceptors (Lipinski definition) is 4. The molecule has 0 spiro atoms. The number of benzene rings is 1. The zero-order valence-electron chi connectivity index (χ0n) is 12.6. The Hall–Kier alpha value is -1.95. The fourth-order valence-electron chi connectivity index (χ4n) is 1.92. The predicted octanol–water partition coefficient (Wildman–Crippen LogP) is 1.67. The molecule has 0 aromatic heterocycles. The molecule has 1 amide bonds. The Kier molecular flexibility index (Phi) is 6.81. The Balaban J connectivity index is 2.63. The second-order valence-corrected chi connectivity index (χ2v) is 4.59. The average molecular weight is 296 g/mol. The van der Waals surface area contributed by atoms with Crippen molar-refractivity contribution in [2.45, 2.75) is 13.8 Å². The van der Waals surface area contributed by atoms with Crippen LogP contribution in [0.2, 0.25) is 0 Å². The van der Waals surface area contributed by atoms with Crippen molar-refractivity contribution < 1.29 is 18.7 Å². The molecule has 0 radical (unpaired) electrons. The summed E-state index contributed by atoms with van der Waals surface area (Å²) < 4.78 is 17.7. The van der Waals surface area contributed by atoms with Crippen LogP contribution >= 0.6 is 0 Å². The van der Waals surface area contributed by atoms with Gasteiger partial charge in [0, 0.05) is 12.2 Å². The van der Waals surface area contributed by atoms with Crippen LogP contribution in [0.15, 0.2) is 24.3 Å². The van der Waals surface area contributed by atoms with Crippen molar-refractivity contribution in [1.82, 2.24) is 4.90 Å². The van der Waals surface area contributed by atoms with Crippen molar-refractivity contribution in [3.05, 3.63) is 30.1 Å². The van der Waals surface area contributed by atoms with Crippen molar-refractivity contribution >= 4 is 17.6 Å². The van der Waals surface area contributed by atoms with E-state index in [1.807, 2.05) is 6.92 Å². The summed E-state index contributed by atoms with van der Waals surface area (Å²) >= 11 is 0. The van der Waals surface area contributed by atoms with E-state index in [0.717, 1.165) is 0 Å². The third-order valence-electron chi connectivity index (χ3n) is 2.87. The molecule has 0 saturated heterocycles. The van der Waals surface area contributed by atoms with Crippen LogP contribution in [0, 0.1) is 5.82 Å². The molecule has 0 aliphatic rings. The van der Waals surface area contributed by atoms with E-state index in [1.165, 1.54) is 12.1 Å². The van der Waals surface area contributed by atoms with E-state index in [4.69, 9.17) is 4.74 Å². The summed E-state index contributed by atoms with van der Waals surface area (Å²) in [6.07, 6.45) is 0. The van der Waals surface area contributed by atoms with E-state index in [1.54, 1.807) is 35.9 Å². The topological polar surface area (TPSA) is 49.9 Å². The van der Waals surface area contributed by atoms with E-state index in [0.29, 0.717) is 18.8 Å². The molecule has 0 bridgehead atoms. The first kappa shape index (κ1) is 17.1. The molecular weight excluding hydrogens is 275 g/mol. The zero-order valence-corrected chi connectivity index (χ0v) is 12.6. The number of likely N-dealkylation sites (N-methyl/N-ethyl adjacent to an activating group) is 2. The normalized spacial score (nSPS) is 10.5. The first-order valence-electron chi connectivity index (χ1n) is 6.88. The van der Waals surface area contributed by atoms with Gasteiger partial charge < -0.3 is 9.64 Å². The van der Waals surface area contributed by atoms with Crippen molar-refractivity contribution in [2.24, 2.45) is 0 Å². The van der Waals surface area contributed by atoms with Crippen molar-refractivity contribution in [1.29, 1.82) is 0 Å². The number of carbonyl (C=O) groups excluding carboxylic acids is 2. The highest BCUT2D eigenvalue weighted by atomic mass is 19.1. The third-order valence-corrected chi connectivity index (χ3v) is 2.87. The molecule has 0 N–H and O–H groups in total. The molecule has 1 aromatic carbocycles. The van der Waals surface area contributed by atoms with Crippen molar-refractivity contribution in [3.8, 4) is 0 Å². The maximum Gasteiger partial charge on any atom is 0.320 e. The molecule has 0 fully saturated rings. The molecule has 0 saturated carbocycles. The van der Waals surface area contributed by atoms with Crippen LogP contribution in [0.25, 0.3) is 0 Å². The van der Waals surface area contributed by atoms with Gasteiger partial charge in [-0.25, -0.2) is 4.39 Å². The van der Waals surface area contributed by atoms with Gasteiger partial charge in [0.05, 0.1) is 19.7 Å². The molecule has 116 valence electrons. The number of hydrogen-bond donors (Lipinski definition) is 0. The van der Waals surface area contributed by atoms with E-state index < -0.39 is 0 Å². The van der Waals surface area contributed by atoms with Gasteiger partial charge in [-0.05, 0) is 45.2 Å². The van der Waals surface area contributed by atoms with Gasteiger partial charge >= 0.3 is 5.97 Å². The third kappa shape index (κ3) is 5.51. The summed E-state index contributed by atoms with van der Waals surface area (Å²) in [5.41, 5.74) is 0.633. The molecule has 21 heavy (non-hydrogen) atoms. The molecule has 0 unspecified atom stereocenters. The lowest BCUT2D eigenvalue weighted by Crippen LogP contribution is -2.40. The van der Waals surface area contributed by atoms with E-state index in [-0.39, 0.29) is 30.8 Å². The Morgan fingerprint density at radius 2 is 1.76 bits per heavy atom. The van der Waals surface area contributed by atoms with Crippen LogP contribution in [-0.2, 0) is 14.3 Å². The van der Waals surface area contributed by atoms with E-state index in [2.05, 4.69) is 0 Å². The maximum absolute atomic E-state index is 12.9. The number of esters is 1. The van der Waals surface area contributed by atoms with Gasteiger partial charge in [-0.3, -0.25) is 14.5 Å². The number of carbonyl (C=O) groups is 2. The van der Waals surface area contributed by atoms with Crippen LogP contribution in [0.1, 0.15) is 13.8 Å². The minimum atomic E-state index is -0.363. The fraction of sp³-hybridized carbons (Fsp3) is 0.467. The average Bonchev–Trinajstić information content (AvgIpc) is 2.41. The highest BCUT2D eigenvalue weighted by molar-refractivity contribution is 5.94.